The average molecular weight is 251 g/mol. The maximum Gasteiger partial charge on any atom is 0.0674 e. The molecule has 2 N–H and O–H groups in total. The lowest BCUT2D eigenvalue weighted by molar-refractivity contribution is 0.618. The van der Waals surface area contributed by atoms with E-state index in [9.17, 15) is 0 Å². The van der Waals surface area contributed by atoms with E-state index in [1.165, 1.54) is 10.9 Å². The molecule has 0 radical (unpaired) electrons. The van der Waals surface area contributed by atoms with Gasteiger partial charge in [0.05, 0.1) is 10.5 Å². The van der Waals surface area contributed by atoms with Gasteiger partial charge in [-0.15, -0.1) is 0 Å². The van der Waals surface area contributed by atoms with Gasteiger partial charge in [-0.3, -0.25) is 0 Å². The molecule has 1 aromatic carbocycles. The molecule has 0 bridgehead atoms. The number of fused-ring (bicyclic) bond motifs is 1. The van der Waals surface area contributed by atoms with Crippen molar-refractivity contribution in [1.82, 2.24) is 4.57 Å². The van der Waals surface area contributed by atoms with Crippen molar-refractivity contribution in [2.24, 2.45) is 5.73 Å². The van der Waals surface area contributed by atoms with Gasteiger partial charge in [-0.25, -0.2) is 0 Å². The van der Waals surface area contributed by atoms with E-state index in [1.54, 1.807) is 0 Å². The van der Waals surface area contributed by atoms with Gasteiger partial charge in [-0.05, 0) is 38.8 Å². The first-order valence-electron chi connectivity index (χ1n) is 6.04. The second kappa shape index (κ2) is 4.71. The highest BCUT2D eigenvalue weighted by Crippen LogP contribution is 2.30. The van der Waals surface area contributed by atoms with Crippen molar-refractivity contribution in [3.63, 3.8) is 0 Å². The number of hydrogen-bond donors (Lipinski definition) is 1. The number of nitrogens with two attached hydrogens (primary N) is 1. The van der Waals surface area contributed by atoms with Crippen LogP contribution in [0.2, 0.25) is 5.02 Å². The molecule has 1 heterocycles. The van der Waals surface area contributed by atoms with Crippen molar-refractivity contribution in [3.8, 4) is 0 Å². The summed E-state index contributed by atoms with van der Waals surface area (Å²) in [4.78, 5) is 0. The van der Waals surface area contributed by atoms with E-state index in [-0.39, 0.29) is 6.04 Å². The van der Waals surface area contributed by atoms with Gasteiger partial charge in [0, 0.05) is 23.7 Å². The van der Waals surface area contributed by atoms with E-state index in [1.807, 2.05) is 19.1 Å². The Kier molecular flexibility index (Phi) is 3.45. The van der Waals surface area contributed by atoms with Crippen LogP contribution in [0.3, 0.4) is 0 Å². The third kappa shape index (κ3) is 2.33. The maximum absolute atomic E-state index is 6.30. The van der Waals surface area contributed by atoms with Crippen molar-refractivity contribution in [2.45, 2.75) is 39.3 Å². The molecule has 1 atom stereocenters. The minimum atomic E-state index is 0.167. The maximum atomic E-state index is 6.30. The highest BCUT2D eigenvalue weighted by Gasteiger charge is 2.13. The molecule has 2 nitrogen and oxygen atoms in total. The Labute approximate surface area is 107 Å². The lowest BCUT2D eigenvalue weighted by Crippen LogP contribution is -2.17. The summed E-state index contributed by atoms with van der Waals surface area (Å²) in [5.74, 6) is 0. The fraction of sp³-hybridized carbons (Fsp3) is 0.429. The normalized spacial score (nSPS) is 13.5. The third-order valence-electron chi connectivity index (χ3n) is 2.98. The van der Waals surface area contributed by atoms with Gasteiger partial charge in [0.15, 0.2) is 0 Å². The van der Waals surface area contributed by atoms with Crippen LogP contribution < -0.4 is 5.73 Å². The molecule has 0 saturated carbocycles. The van der Waals surface area contributed by atoms with Crippen molar-refractivity contribution in [1.29, 1.82) is 0 Å². The van der Waals surface area contributed by atoms with E-state index in [2.05, 4.69) is 30.7 Å². The monoisotopic (exact) mass is 250 g/mol. The van der Waals surface area contributed by atoms with Crippen LogP contribution in [-0.2, 0) is 6.42 Å². The number of halogens is 1. The summed E-state index contributed by atoms with van der Waals surface area (Å²) in [6, 6.07) is 6.63. The largest absolute Gasteiger partial charge is 0.343 e. The van der Waals surface area contributed by atoms with Crippen LogP contribution in [0.15, 0.2) is 24.4 Å². The molecule has 0 aliphatic carbocycles. The molecule has 2 aromatic rings. The number of nitrogens with zero attached hydrogens (tertiary/aromatic N) is 1. The predicted octanol–water partition coefficient (Wildman–Crippen LogP) is 3.77. The van der Waals surface area contributed by atoms with Gasteiger partial charge in [0.25, 0.3) is 0 Å². The van der Waals surface area contributed by atoms with Gasteiger partial charge in [0.1, 0.15) is 0 Å². The second-order valence-corrected chi connectivity index (χ2v) is 5.38. The first-order chi connectivity index (χ1) is 8.00. The number of benzene rings is 1. The fourth-order valence-corrected chi connectivity index (χ4v) is 2.53. The zero-order valence-corrected chi connectivity index (χ0v) is 11.3. The van der Waals surface area contributed by atoms with Crippen molar-refractivity contribution < 1.29 is 0 Å². The van der Waals surface area contributed by atoms with Gasteiger partial charge in [0.2, 0.25) is 0 Å². The summed E-state index contributed by atoms with van der Waals surface area (Å²) in [6.07, 6.45) is 3.07. The summed E-state index contributed by atoms with van der Waals surface area (Å²) >= 11 is 6.30. The molecular weight excluding hydrogens is 232 g/mol. The lowest BCUT2D eigenvalue weighted by atomic mass is 10.1. The van der Waals surface area contributed by atoms with E-state index >= 15 is 0 Å². The van der Waals surface area contributed by atoms with E-state index in [4.69, 9.17) is 17.3 Å². The Hall–Kier alpha value is -0.990. The number of aromatic nitrogens is 1. The van der Waals surface area contributed by atoms with Gasteiger partial charge < -0.3 is 10.3 Å². The summed E-state index contributed by atoms with van der Waals surface area (Å²) in [7, 11) is 0. The molecule has 2 rings (SSSR count). The highest BCUT2D eigenvalue weighted by atomic mass is 35.5. The topological polar surface area (TPSA) is 30.9 Å². The molecule has 3 heteroatoms. The third-order valence-corrected chi connectivity index (χ3v) is 3.29. The van der Waals surface area contributed by atoms with Crippen LogP contribution in [0.25, 0.3) is 10.9 Å². The molecule has 0 saturated heterocycles. The smallest absolute Gasteiger partial charge is 0.0674 e. The van der Waals surface area contributed by atoms with E-state index in [0.717, 1.165) is 17.0 Å². The average Bonchev–Trinajstić information content (AvgIpc) is 2.58. The Morgan fingerprint density at radius 1 is 1.29 bits per heavy atom. The van der Waals surface area contributed by atoms with Gasteiger partial charge in [-0.2, -0.15) is 0 Å². The van der Waals surface area contributed by atoms with Crippen molar-refractivity contribution in [3.05, 3.63) is 35.0 Å². The summed E-state index contributed by atoms with van der Waals surface area (Å²) in [5, 5.41) is 2.04. The molecule has 17 heavy (non-hydrogen) atoms. The second-order valence-electron chi connectivity index (χ2n) is 4.97. The van der Waals surface area contributed by atoms with Crippen molar-refractivity contribution in [2.75, 3.05) is 0 Å². The summed E-state index contributed by atoms with van der Waals surface area (Å²) in [5.41, 5.74) is 8.30. The standard InChI is InChI=1S/C14H19ClN2/c1-9(2)17-8-11(7-10(3)16)12-5-4-6-13(15)14(12)17/h4-6,8-10H,7,16H2,1-3H3. The molecule has 0 fully saturated rings. The highest BCUT2D eigenvalue weighted by molar-refractivity contribution is 6.35. The zero-order valence-electron chi connectivity index (χ0n) is 10.6. The SMILES string of the molecule is CC(N)Cc1cn(C(C)C)c2c(Cl)cccc12. The molecule has 0 aliphatic rings. The van der Waals surface area contributed by atoms with E-state index in [0.29, 0.717) is 6.04 Å². The van der Waals surface area contributed by atoms with Gasteiger partial charge in [-0.1, -0.05) is 23.7 Å². The molecule has 1 unspecified atom stereocenters. The zero-order chi connectivity index (χ0) is 12.6. The van der Waals surface area contributed by atoms with Crippen molar-refractivity contribution >= 4 is 22.5 Å². The van der Waals surface area contributed by atoms with Crippen LogP contribution in [0.5, 0.6) is 0 Å². The molecule has 0 spiro atoms. The van der Waals surface area contributed by atoms with E-state index < -0.39 is 0 Å². The molecule has 0 amide bonds. The van der Waals surface area contributed by atoms with Gasteiger partial charge >= 0.3 is 0 Å². The first-order valence-corrected chi connectivity index (χ1v) is 6.42. The summed E-state index contributed by atoms with van der Waals surface area (Å²) < 4.78 is 2.23. The minimum absolute atomic E-state index is 0.167. The van der Waals surface area contributed by atoms with Crippen LogP contribution >= 0.6 is 11.6 Å². The Morgan fingerprint density at radius 3 is 2.59 bits per heavy atom. The summed E-state index contributed by atoms with van der Waals surface area (Å²) in [6.45, 7) is 6.36. The van der Waals surface area contributed by atoms with Crippen LogP contribution in [0, 0.1) is 0 Å². The Morgan fingerprint density at radius 2 is 2.00 bits per heavy atom. The molecule has 1 aromatic heterocycles. The molecule has 0 aliphatic heterocycles. The quantitative estimate of drug-likeness (QED) is 0.884. The minimum Gasteiger partial charge on any atom is -0.343 e. The number of hydrogen-bond acceptors (Lipinski definition) is 1. The fourth-order valence-electron chi connectivity index (χ4n) is 2.26. The number of para-hydroxylation sites is 1. The Balaban J connectivity index is 2.66. The Bertz CT molecular complexity index is 526. The molecule has 92 valence electrons. The van der Waals surface area contributed by atoms with Crippen LogP contribution in [0.1, 0.15) is 32.4 Å². The molecular formula is C14H19ClN2. The predicted molar refractivity (Wildman–Crippen MR) is 74.7 cm³/mol. The van der Waals surface area contributed by atoms with Crippen LogP contribution in [-0.4, -0.2) is 10.6 Å². The number of rotatable bonds is 3. The lowest BCUT2D eigenvalue weighted by Gasteiger charge is -2.09. The van der Waals surface area contributed by atoms with Crippen LogP contribution in [0.4, 0.5) is 0 Å². The first kappa shape index (κ1) is 12.5.